The number of benzene rings is 1. The Morgan fingerprint density at radius 1 is 1.37 bits per heavy atom. The predicted octanol–water partition coefficient (Wildman–Crippen LogP) is 1.70. The number of carbonyl (C=O) groups is 1. The van der Waals surface area contributed by atoms with Gasteiger partial charge in [-0.2, -0.15) is 0 Å². The molecule has 0 aliphatic rings. The fourth-order valence-corrected chi connectivity index (χ4v) is 1.79. The number of nitrogens with two attached hydrogens (primary N) is 1. The third-order valence-corrected chi connectivity index (χ3v) is 2.77. The molecule has 19 heavy (non-hydrogen) atoms. The van der Waals surface area contributed by atoms with Crippen molar-refractivity contribution in [2.75, 3.05) is 33.5 Å². The standard InChI is InChI=1S/C14H22N2O3/c1-5-19-14-10(6-7-13(17)16(2)3)8-11(15)9-12(14)18-4/h8-9H,5-7,15H2,1-4H3. The van der Waals surface area contributed by atoms with Crippen LogP contribution < -0.4 is 15.2 Å². The minimum Gasteiger partial charge on any atom is -0.493 e. The molecule has 0 radical (unpaired) electrons. The summed E-state index contributed by atoms with van der Waals surface area (Å²) in [6, 6.07) is 3.55. The van der Waals surface area contributed by atoms with Gasteiger partial charge in [0, 0.05) is 37.8 Å². The normalized spacial score (nSPS) is 10.1. The van der Waals surface area contributed by atoms with Gasteiger partial charge in [0.1, 0.15) is 0 Å². The fraction of sp³-hybridized carbons (Fsp3) is 0.500. The molecule has 1 rings (SSSR count). The Morgan fingerprint density at radius 3 is 2.58 bits per heavy atom. The lowest BCUT2D eigenvalue weighted by Crippen LogP contribution is -2.22. The van der Waals surface area contributed by atoms with Crippen LogP contribution in [0.1, 0.15) is 18.9 Å². The smallest absolute Gasteiger partial charge is 0.222 e. The zero-order valence-corrected chi connectivity index (χ0v) is 12.0. The number of hydrogen-bond donors (Lipinski definition) is 1. The highest BCUT2D eigenvalue weighted by atomic mass is 16.5. The topological polar surface area (TPSA) is 64.8 Å². The number of ether oxygens (including phenoxy) is 2. The van der Waals surface area contributed by atoms with Crippen LogP contribution in [0.3, 0.4) is 0 Å². The Labute approximate surface area is 114 Å². The van der Waals surface area contributed by atoms with Gasteiger partial charge in [-0.25, -0.2) is 0 Å². The van der Waals surface area contributed by atoms with Crippen LogP contribution in [0.5, 0.6) is 11.5 Å². The van der Waals surface area contributed by atoms with Crippen molar-refractivity contribution < 1.29 is 14.3 Å². The van der Waals surface area contributed by atoms with Crippen LogP contribution in [0.4, 0.5) is 5.69 Å². The number of amides is 1. The first kappa shape index (κ1) is 15.1. The summed E-state index contributed by atoms with van der Waals surface area (Å²) in [6.45, 7) is 2.44. The van der Waals surface area contributed by atoms with Crippen molar-refractivity contribution in [3.05, 3.63) is 17.7 Å². The van der Waals surface area contributed by atoms with Crippen molar-refractivity contribution >= 4 is 11.6 Å². The van der Waals surface area contributed by atoms with Crippen LogP contribution in [-0.4, -0.2) is 38.6 Å². The van der Waals surface area contributed by atoms with E-state index in [4.69, 9.17) is 15.2 Å². The number of nitrogens with zero attached hydrogens (tertiary/aromatic N) is 1. The van der Waals surface area contributed by atoms with Crippen LogP contribution in [0.25, 0.3) is 0 Å². The first-order valence-electron chi connectivity index (χ1n) is 6.28. The van der Waals surface area contributed by atoms with Gasteiger partial charge in [0.2, 0.25) is 5.91 Å². The first-order chi connectivity index (χ1) is 8.99. The summed E-state index contributed by atoms with van der Waals surface area (Å²) in [5.74, 6) is 1.35. The molecule has 0 heterocycles. The second-order valence-corrected chi connectivity index (χ2v) is 4.43. The lowest BCUT2D eigenvalue weighted by molar-refractivity contribution is -0.128. The molecular formula is C14H22N2O3. The van der Waals surface area contributed by atoms with Crippen molar-refractivity contribution in [3.8, 4) is 11.5 Å². The molecule has 0 bridgehead atoms. The number of hydrogen-bond acceptors (Lipinski definition) is 4. The maximum atomic E-state index is 11.6. The highest BCUT2D eigenvalue weighted by molar-refractivity contribution is 5.76. The van der Waals surface area contributed by atoms with E-state index in [9.17, 15) is 4.79 Å². The van der Waals surface area contributed by atoms with Crippen LogP contribution in [-0.2, 0) is 11.2 Å². The average Bonchev–Trinajstić information content (AvgIpc) is 2.37. The molecule has 0 aliphatic carbocycles. The highest BCUT2D eigenvalue weighted by Gasteiger charge is 2.14. The van der Waals surface area contributed by atoms with E-state index >= 15 is 0 Å². The van der Waals surface area contributed by atoms with E-state index in [2.05, 4.69) is 0 Å². The van der Waals surface area contributed by atoms with Gasteiger partial charge < -0.3 is 20.1 Å². The molecular weight excluding hydrogens is 244 g/mol. The van der Waals surface area contributed by atoms with E-state index in [0.29, 0.717) is 36.6 Å². The summed E-state index contributed by atoms with van der Waals surface area (Å²) in [7, 11) is 5.06. The highest BCUT2D eigenvalue weighted by Crippen LogP contribution is 2.34. The van der Waals surface area contributed by atoms with E-state index in [1.54, 1.807) is 32.2 Å². The van der Waals surface area contributed by atoms with Crippen LogP contribution >= 0.6 is 0 Å². The zero-order chi connectivity index (χ0) is 14.4. The van der Waals surface area contributed by atoms with E-state index in [1.165, 1.54) is 0 Å². The molecule has 0 atom stereocenters. The molecule has 0 unspecified atom stereocenters. The Morgan fingerprint density at radius 2 is 2.05 bits per heavy atom. The first-order valence-corrected chi connectivity index (χ1v) is 6.28. The van der Waals surface area contributed by atoms with E-state index in [0.717, 1.165) is 5.56 Å². The van der Waals surface area contributed by atoms with Crippen molar-refractivity contribution in [1.29, 1.82) is 0 Å². The second-order valence-electron chi connectivity index (χ2n) is 4.43. The lowest BCUT2D eigenvalue weighted by Gasteiger charge is -2.16. The molecule has 0 spiro atoms. The maximum absolute atomic E-state index is 11.6. The average molecular weight is 266 g/mol. The number of nitrogen functional groups attached to an aromatic ring is 1. The van der Waals surface area contributed by atoms with Gasteiger partial charge in [0.15, 0.2) is 11.5 Å². The predicted molar refractivity (Wildman–Crippen MR) is 75.6 cm³/mol. The summed E-state index contributed by atoms with van der Waals surface area (Å²) in [4.78, 5) is 13.2. The summed E-state index contributed by atoms with van der Waals surface area (Å²) in [6.07, 6.45) is 0.993. The van der Waals surface area contributed by atoms with Gasteiger partial charge in [-0.05, 0) is 19.4 Å². The molecule has 5 heteroatoms. The molecule has 1 aromatic carbocycles. The molecule has 0 aliphatic heterocycles. The fourth-order valence-electron chi connectivity index (χ4n) is 1.79. The van der Waals surface area contributed by atoms with E-state index in [-0.39, 0.29) is 5.91 Å². The molecule has 0 saturated carbocycles. The number of aryl methyl sites for hydroxylation is 1. The summed E-state index contributed by atoms with van der Waals surface area (Å²) >= 11 is 0. The summed E-state index contributed by atoms with van der Waals surface area (Å²) in [5, 5.41) is 0. The van der Waals surface area contributed by atoms with Crippen LogP contribution in [0.2, 0.25) is 0 Å². The number of carbonyl (C=O) groups excluding carboxylic acids is 1. The van der Waals surface area contributed by atoms with Gasteiger partial charge in [-0.15, -0.1) is 0 Å². The molecule has 106 valence electrons. The minimum atomic E-state index is 0.0730. The summed E-state index contributed by atoms with van der Waals surface area (Å²) < 4.78 is 10.9. The van der Waals surface area contributed by atoms with E-state index < -0.39 is 0 Å². The van der Waals surface area contributed by atoms with Crippen molar-refractivity contribution in [1.82, 2.24) is 4.90 Å². The van der Waals surface area contributed by atoms with Gasteiger partial charge in [-0.1, -0.05) is 0 Å². The molecule has 0 saturated heterocycles. The number of anilines is 1. The van der Waals surface area contributed by atoms with Crippen LogP contribution in [0.15, 0.2) is 12.1 Å². The largest absolute Gasteiger partial charge is 0.493 e. The van der Waals surface area contributed by atoms with Gasteiger partial charge in [0.25, 0.3) is 0 Å². The SMILES string of the molecule is CCOc1c(CCC(=O)N(C)C)cc(N)cc1OC. The maximum Gasteiger partial charge on any atom is 0.222 e. The van der Waals surface area contributed by atoms with Gasteiger partial charge in [-0.3, -0.25) is 4.79 Å². The molecule has 1 amide bonds. The quantitative estimate of drug-likeness (QED) is 0.796. The van der Waals surface area contributed by atoms with Crippen LogP contribution in [0, 0.1) is 0 Å². The molecule has 1 aromatic rings. The van der Waals surface area contributed by atoms with Gasteiger partial charge >= 0.3 is 0 Å². The third-order valence-electron chi connectivity index (χ3n) is 2.77. The van der Waals surface area contributed by atoms with Crippen molar-refractivity contribution in [2.24, 2.45) is 0 Å². The van der Waals surface area contributed by atoms with Crippen molar-refractivity contribution in [2.45, 2.75) is 19.8 Å². The zero-order valence-electron chi connectivity index (χ0n) is 12.0. The Balaban J connectivity index is 2.97. The summed E-state index contributed by atoms with van der Waals surface area (Å²) in [5.41, 5.74) is 7.34. The van der Waals surface area contributed by atoms with E-state index in [1.807, 2.05) is 13.0 Å². The van der Waals surface area contributed by atoms with Gasteiger partial charge in [0.05, 0.1) is 13.7 Å². The molecule has 5 nitrogen and oxygen atoms in total. The molecule has 2 N–H and O–H groups in total. The monoisotopic (exact) mass is 266 g/mol. The molecule has 0 fully saturated rings. The Hall–Kier alpha value is -1.91. The minimum absolute atomic E-state index is 0.0730. The second kappa shape index (κ2) is 6.87. The lowest BCUT2D eigenvalue weighted by atomic mass is 10.1. The Kier molecular flexibility index (Phi) is 5.48. The third kappa shape index (κ3) is 4.05. The Bertz CT molecular complexity index is 445. The van der Waals surface area contributed by atoms with Crippen molar-refractivity contribution in [3.63, 3.8) is 0 Å². The molecule has 0 aromatic heterocycles. The number of rotatable bonds is 6. The number of methoxy groups -OCH3 is 1.